The third-order valence-corrected chi connectivity index (χ3v) is 20.4. The Morgan fingerprint density at radius 2 is 0.500 bits per heavy atom. The molecule has 17 nitrogen and oxygen atoms in total. The van der Waals surface area contributed by atoms with Crippen molar-refractivity contribution in [3.8, 4) is 0 Å². The summed E-state index contributed by atoms with van der Waals surface area (Å²) >= 11 is 0. The number of esters is 4. The van der Waals surface area contributed by atoms with Crippen molar-refractivity contribution in [1.82, 2.24) is 0 Å². The predicted molar refractivity (Wildman–Crippen MR) is 391 cm³/mol. The molecule has 0 fully saturated rings. The monoisotopic (exact) mass is 1410 g/mol. The number of rotatable bonds is 74. The molecule has 0 radical (unpaired) electrons. The minimum atomic E-state index is -4.96. The van der Waals surface area contributed by atoms with Gasteiger partial charge in [-0.3, -0.25) is 37.3 Å². The number of phosphoric acid groups is 2. The average Bonchev–Trinajstić information content (AvgIpc) is 2.05. The van der Waals surface area contributed by atoms with Crippen LogP contribution in [0.4, 0.5) is 0 Å². The quantitative estimate of drug-likeness (QED) is 0.0222. The first kappa shape index (κ1) is 94.1. The molecule has 3 N–H and O–H groups in total. The van der Waals surface area contributed by atoms with Gasteiger partial charge in [-0.2, -0.15) is 0 Å². The van der Waals surface area contributed by atoms with Gasteiger partial charge < -0.3 is 33.8 Å². The Morgan fingerprint density at radius 3 is 0.740 bits per heavy atom. The minimum Gasteiger partial charge on any atom is -0.462 e. The molecule has 0 aromatic heterocycles. The van der Waals surface area contributed by atoms with E-state index in [1.807, 2.05) is 0 Å². The molecule has 570 valence electrons. The smallest absolute Gasteiger partial charge is 0.462 e. The minimum absolute atomic E-state index is 0.103. The van der Waals surface area contributed by atoms with Crippen molar-refractivity contribution in [1.29, 1.82) is 0 Å². The summed E-state index contributed by atoms with van der Waals surface area (Å²) < 4.78 is 68.5. The molecule has 96 heavy (non-hydrogen) atoms. The summed E-state index contributed by atoms with van der Waals surface area (Å²) in [6.45, 7) is 14.2. The van der Waals surface area contributed by atoms with Crippen molar-refractivity contribution in [3.63, 3.8) is 0 Å². The molecule has 0 saturated carbocycles. The number of ether oxygens (including phenoxy) is 4. The molecule has 4 unspecified atom stereocenters. The van der Waals surface area contributed by atoms with Crippen LogP contribution in [0.2, 0.25) is 0 Å². The van der Waals surface area contributed by atoms with Gasteiger partial charge in [0.1, 0.15) is 19.3 Å². The van der Waals surface area contributed by atoms with Gasteiger partial charge in [0.2, 0.25) is 0 Å². The molecule has 0 heterocycles. The van der Waals surface area contributed by atoms with Crippen LogP contribution < -0.4 is 0 Å². The Morgan fingerprint density at radius 1 is 0.292 bits per heavy atom. The second-order valence-corrected chi connectivity index (χ2v) is 32.1. The van der Waals surface area contributed by atoms with E-state index in [4.69, 9.17) is 37.0 Å². The molecular weight excluding hydrogens is 1260 g/mol. The maximum Gasteiger partial charge on any atom is 0.472 e. The number of aliphatic hydroxyl groups excluding tert-OH is 1. The fourth-order valence-corrected chi connectivity index (χ4v) is 13.2. The van der Waals surface area contributed by atoms with E-state index in [1.54, 1.807) is 0 Å². The Labute approximate surface area is 588 Å². The number of hydrogen-bond acceptors (Lipinski definition) is 15. The molecule has 0 saturated heterocycles. The van der Waals surface area contributed by atoms with E-state index in [0.717, 1.165) is 120 Å². The highest BCUT2D eigenvalue weighted by atomic mass is 31.2. The van der Waals surface area contributed by atoms with Gasteiger partial charge in [0.25, 0.3) is 0 Å². The summed E-state index contributed by atoms with van der Waals surface area (Å²) in [6.07, 6.45) is 51.6. The van der Waals surface area contributed by atoms with Gasteiger partial charge in [-0.15, -0.1) is 0 Å². The van der Waals surface area contributed by atoms with E-state index in [2.05, 4.69) is 55.4 Å². The molecule has 0 rings (SSSR count). The predicted octanol–water partition coefficient (Wildman–Crippen LogP) is 22.4. The SMILES string of the molecule is CCC(C)CCCCCCCCC(=O)OC[C@H](COP(=O)(O)OC[C@H](O)COP(=O)(O)OC[C@@H](COC(=O)CCCCCCCCCCCCCCCCCCCCC(C)C)OC(=O)CCCCCCCCC(C)CC)OC(=O)CCCCCCCCCCCCCCC(C)C. The molecule has 0 aliphatic carbocycles. The van der Waals surface area contributed by atoms with Gasteiger partial charge in [0, 0.05) is 25.7 Å². The number of phosphoric ester groups is 2. The van der Waals surface area contributed by atoms with Crippen LogP contribution in [-0.2, 0) is 65.4 Å². The standard InChI is InChI=1S/C77H150O17P2/c1-9-69(7)55-47-39-33-35-42-50-58-75(80)88-64-72(93-76(81)59-51-43-32-28-24-20-19-22-26-30-38-46-54-68(5)6)65-91-95(83,84)89-61-71(78)62-90-96(85,86)92-66-73(94-77(82)60-52-44-36-34-40-48-56-70(8)10-2)63-87-74(79)57-49-41-31-27-23-18-16-14-12-11-13-15-17-21-25-29-37-45-53-67(3)4/h67-73,78H,9-66H2,1-8H3,(H,83,84)(H,85,86)/t69?,70?,71-,72+,73+/m0/s1. The van der Waals surface area contributed by atoms with E-state index in [1.165, 1.54) is 186 Å². The number of hydrogen-bond donors (Lipinski definition) is 3. The Hall–Kier alpha value is -1.94. The van der Waals surface area contributed by atoms with E-state index >= 15 is 0 Å². The van der Waals surface area contributed by atoms with Gasteiger partial charge in [-0.05, 0) is 49.4 Å². The molecule has 0 aromatic rings. The van der Waals surface area contributed by atoms with Crippen molar-refractivity contribution in [3.05, 3.63) is 0 Å². The summed E-state index contributed by atoms with van der Waals surface area (Å²) in [7, 11) is -9.91. The van der Waals surface area contributed by atoms with Crippen LogP contribution in [0.1, 0.15) is 389 Å². The topological polar surface area (TPSA) is 237 Å². The van der Waals surface area contributed by atoms with E-state index in [-0.39, 0.29) is 25.7 Å². The van der Waals surface area contributed by atoms with Crippen LogP contribution in [0.3, 0.4) is 0 Å². The first-order valence-electron chi connectivity index (χ1n) is 39.8. The third-order valence-electron chi connectivity index (χ3n) is 18.5. The van der Waals surface area contributed by atoms with Crippen LogP contribution in [0.5, 0.6) is 0 Å². The molecule has 0 spiro atoms. The highest BCUT2D eigenvalue weighted by Crippen LogP contribution is 2.45. The van der Waals surface area contributed by atoms with Gasteiger partial charge in [0.05, 0.1) is 26.4 Å². The summed E-state index contributed by atoms with van der Waals surface area (Å²) in [5, 5.41) is 10.6. The largest absolute Gasteiger partial charge is 0.472 e. The lowest BCUT2D eigenvalue weighted by Gasteiger charge is -2.21. The van der Waals surface area contributed by atoms with Crippen LogP contribution in [0, 0.1) is 23.7 Å². The number of aliphatic hydroxyl groups is 1. The average molecular weight is 1410 g/mol. The van der Waals surface area contributed by atoms with E-state index in [9.17, 15) is 43.2 Å². The Bertz CT molecular complexity index is 1890. The Kier molecular flexibility index (Phi) is 65.0. The number of carbonyl (C=O) groups is 4. The van der Waals surface area contributed by atoms with Gasteiger partial charge in [-0.25, -0.2) is 9.13 Å². The van der Waals surface area contributed by atoms with Crippen LogP contribution in [0.15, 0.2) is 0 Å². The van der Waals surface area contributed by atoms with Gasteiger partial charge in [-0.1, -0.05) is 338 Å². The first-order valence-corrected chi connectivity index (χ1v) is 42.8. The van der Waals surface area contributed by atoms with Crippen molar-refractivity contribution in [2.45, 2.75) is 408 Å². The first-order chi connectivity index (χ1) is 46.2. The van der Waals surface area contributed by atoms with Crippen molar-refractivity contribution >= 4 is 39.5 Å². The van der Waals surface area contributed by atoms with Gasteiger partial charge in [0.15, 0.2) is 12.2 Å². The second-order valence-electron chi connectivity index (χ2n) is 29.2. The molecule has 0 aliphatic rings. The lowest BCUT2D eigenvalue weighted by Crippen LogP contribution is -2.30. The van der Waals surface area contributed by atoms with Gasteiger partial charge >= 0.3 is 39.5 Å². The van der Waals surface area contributed by atoms with E-state index in [0.29, 0.717) is 25.7 Å². The molecule has 7 atom stereocenters. The lowest BCUT2D eigenvalue weighted by molar-refractivity contribution is -0.161. The summed E-state index contributed by atoms with van der Waals surface area (Å²) in [6, 6.07) is 0. The number of carbonyl (C=O) groups excluding carboxylic acids is 4. The maximum atomic E-state index is 13.1. The second kappa shape index (κ2) is 66.3. The molecule has 0 amide bonds. The molecule has 0 bridgehead atoms. The van der Waals surface area contributed by atoms with Crippen molar-refractivity contribution in [2.75, 3.05) is 39.6 Å². The maximum absolute atomic E-state index is 13.1. The molecule has 0 aromatic carbocycles. The summed E-state index contributed by atoms with van der Waals surface area (Å²) in [5.41, 5.74) is 0. The van der Waals surface area contributed by atoms with E-state index < -0.39 is 97.5 Å². The highest BCUT2D eigenvalue weighted by molar-refractivity contribution is 7.47. The van der Waals surface area contributed by atoms with Crippen LogP contribution in [0.25, 0.3) is 0 Å². The van der Waals surface area contributed by atoms with Crippen molar-refractivity contribution < 1.29 is 80.2 Å². The van der Waals surface area contributed by atoms with Crippen LogP contribution >= 0.6 is 15.6 Å². The Balaban J connectivity index is 5.15. The van der Waals surface area contributed by atoms with Crippen LogP contribution in [-0.4, -0.2) is 96.7 Å². The fourth-order valence-electron chi connectivity index (χ4n) is 11.7. The summed E-state index contributed by atoms with van der Waals surface area (Å²) in [4.78, 5) is 72.8. The fraction of sp³-hybridized carbons (Fsp3) is 0.948. The van der Waals surface area contributed by atoms with Crippen molar-refractivity contribution in [2.24, 2.45) is 23.7 Å². The summed E-state index contributed by atoms with van der Waals surface area (Å²) in [5.74, 6) is 0.926. The third kappa shape index (κ3) is 67.9. The molecular formula is C77H150O17P2. The zero-order valence-corrected chi connectivity index (χ0v) is 64.8. The normalized spacial score (nSPS) is 14.7. The molecule has 19 heteroatoms. The highest BCUT2D eigenvalue weighted by Gasteiger charge is 2.30. The zero-order chi connectivity index (χ0) is 71.0. The molecule has 0 aliphatic heterocycles. The number of unbranched alkanes of at least 4 members (excludes halogenated alkanes) is 38. The lowest BCUT2D eigenvalue weighted by atomic mass is 10.00. The zero-order valence-electron chi connectivity index (χ0n) is 63.0.